The molecule has 0 unspecified atom stereocenters. The molecule has 6 nitrogen and oxygen atoms in total. The molecule has 2 aliphatic heterocycles. The van der Waals surface area contributed by atoms with Crippen molar-refractivity contribution in [2.45, 2.75) is 38.9 Å². The molecule has 4 heterocycles. The lowest BCUT2D eigenvalue weighted by Crippen LogP contribution is -2.41. The summed E-state index contributed by atoms with van der Waals surface area (Å²) in [5.41, 5.74) is 8.23. The van der Waals surface area contributed by atoms with Crippen molar-refractivity contribution < 1.29 is 18.8 Å². The van der Waals surface area contributed by atoms with Crippen LogP contribution in [0.4, 0.5) is 0 Å². The van der Waals surface area contributed by atoms with Gasteiger partial charge >= 0.3 is 7.12 Å². The van der Waals surface area contributed by atoms with Crippen molar-refractivity contribution in [1.82, 2.24) is 9.97 Å². The van der Waals surface area contributed by atoms with Crippen molar-refractivity contribution in [2.24, 2.45) is 0 Å². The van der Waals surface area contributed by atoms with Gasteiger partial charge in [0.15, 0.2) is 23.0 Å². The highest BCUT2D eigenvalue weighted by molar-refractivity contribution is 6.63. The topological polar surface area (TPSA) is 62.7 Å². The molecule has 2 aromatic heterocycles. The monoisotopic (exact) mass is 616 g/mol. The fourth-order valence-electron chi connectivity index (χ4n) is 6.04. The molecule has 0 radical (unpaired) electrons. The lowest BCUT2D eigenvalue weighted by Gasteiger charge is -2.32. The zero-order chi connectivity index (χ0) is 32.2. The highest BCUT2D eigenvalue weighted by Crippen LogP contribution is 2.50. The maximum absolute atomic E-state index is 6.56. The Kier molecular flexibility index (Phi) is 6.97. The number of hydrogen-bond donors (Lipinski definition) is 0. The van der Waals surface area contributed by atoms with E-state index in [1.54, 1.807) is 12.4 Å². The van der Waals surface area contributed by atoms with Crippen LogP contribution < -0.4 is 14.9 Å². The van der Waals surface area contributed by atoms with E-state index in [-0.39, 0.29) is 0 Å². The number of rotatable bonds is 5. The van der Waals surface area contributed by atoms with Crippen LogP contribution in [-0.4, -0.2) is 28.3 Å². The van der Waals surface area contributed by atoms with Gasteiger partial charge in [0.25, 0.3) is 0 Å². The van der Waals surface area contributed by atoms with Crippen molar-refractivity contribution in [2.75, 3.05) is 0 Å². The Labute approximate surface area is 275 Å². The zero-order valence-corrected chi connectivity index (χ0v) is 26.7. The average molecular weight is 617 g/mol. The van der Waals surface area contributed by atoms with Crippen molar-refractivity contribution in [3.05, 3.63) is 128 Å². The maximum Gasteiger partial charge on any atom is 0.498 e. The summed E-state index contributed by atoms with van der Waals surface area (Å²) in [6, 6.07) is 35.1. The van der Waals surface area contributed by atoms with E-state index in [1.807, 2.05) is 82.6 Å². The van der Waals surface area contributed by atoms with Gasteiger partial charge in [-0.05, 0) is 98.0 Å². The number of nitrogens with zero attached hydrogens (tertiary/aromatic N) is 2. The molecule has 0 amide bonds. The molecule has 0 aliphatic carbocycles. The van der Waals surface area contributed by atoms with Crippen molar-refractivity contribution in [1.29, 1.82) is 0 Å². The Morgan fingerprint density at radius 3 is 1.53 bits per heavy atom. The molecule has 0 saturated carbocycles. The molecule has 47 heavy (non-hydrogen) atoms. The van der Waals surface area contributed by atoms with Gasteiger partial charge in [-0.25, -0.2) is 0 Å². The first-order valence-electron chi connectivity index (χ1n) is 15.8. The second-order valence-corrected chi connectivity index (χ2v) is 13.0. The van der Waals surface area contributed by atoms with Gasteiger partial charge in [-0.15, -0.1) is 0 Å². The second kappa shape index (κ2) is 11.2. The Hall–Kier alpha value is -5.24. The summed E-state index contributed by atoms with van der Waals surface area (Å²) in [7, 11) is -0.597. The zero-order valence-electron chi connectivity index (χ0n) is 26.7. The summed E-state index contributed by atoms with van der Waals surface area (Å²) in [6.07, 6.45) is 7.38. The van der Waals surface area contributed by atoms with Gasteiger partial charge in [-0.1, -0.05) is 60.7 Å². The average Bonchev–Trinajstić information content (AvgIpc) is 3.33. The number of pyridine rings is 2. The summed E-state index contributed by atoms with van der Waals surface area (Å²) >= 11 is 0. The van der Waals surface area contributed by atoms with E-state index < -0.39 is 18.3 Å². The first-order valence-corrected chi connectivity index (χ1v) is 15.8. The van der Waals surface area contributed by atoms with Gasteiger partial charge in [0, 0.05) is 46.9 Å². The SMILES string of the molecule is CC1(C)OB(c2ccc(-c3ccc(-c4cc(-c5cccnc5)cc(-c5cccnc5)c4)cc3)c3c2Oc2ccccc2O3)OC1(C)C. The van der Waals surface area contributed by atoms with E-state index in [9.17, 15) is 0 Å². The van der Waals surface area contributed by atoms with Crippen molar-refractivity contribution in [3.63, 3.8) is 0 Å². The molecule has 0 N–H and O–H groups in total. The molecule has 4 aromatic carbocycles. The standard InChI is InChI=1S/C40H33BN2O4/c1-39(2)40(3,4)47-41(46-39)34-18-17-33(37-38(34)45-36-12-6-5-11-35(36)44-37)27-15-13-26(14-16-27)30-21-31(28-9-7-19-42-24-28)23-32(22-30)29-10-8-20-43-25-29/h5-25H,1-4H3. The van der Waals surface area contributed by atoms with Gasteiger partial charge in [0.05, 0.1) is 11.2 Å². The first kappa shape index (κ1) is 29.2. The van der Waals surface area contributed by atoms with Crippen molar-refractivity contribution in [3.8, 4) is 67.5 Å². The largest absolute Gasteiger partial charge is 0.498 e. The molecule has 6 aromatic rings. The van der Waals surface area contributed by atoms with E-state index in [1.165, 1.54) is 0 Å². The number of fused-ring (bicyclic) bond motifs is 2. The number of aromatic nitrogens is 2. The van der Waals surface area contributed by atoms with Gasteiger partial charge < -0.3 is 18.8 Å². The molecule has 1 saturated heterocycles. The lowest BCUT2D eigenvalue weighted by atomic mass is 9.77. The third kappa shape index (κ3) is 5.27. The van der Waals surface area contributed by atoms with Gasteiger partial charge in [-0.3, -0.25) is 9.97 Å². The summed E-state index contributed by atoms with van der Waals surface area (Å²) < 4.78 is 26.0. The maximum atomic E-state index is 6.56. The molecule has 0 spiro atoms. The predicted octanol–water partition coefficient (Wildman–Crippen LogP) is 9.34. The number of para-hydroxylation sites is 2. The molecule has 0 atom stereocenters. The van der Waals surface area contributed by atoms with Crippen LogP contribution in [0, 0.1) is 0 Å². The van der Waals surface area contributed by atoms with Gasteiger partial charge in [-0.2, -0.15) is 0 Å². The number of ether oxygens (including phenoxy) is 2. The minimum atomic E-state index is -0.597. The summed E-state index contributed by atoms with van der Waals surface area (Å²) in [5.74, 6) is 2.57. The van der Waals surface area contributed by atoms with Crippen LogP contribution in [0.3, 0.4) is 0 Å². The van der Waals surface area contributed by atoms with Crippen LogP contribution >= 0.6 is 0 Å². The Balaban J connectivity index is 1.20. The van der Waals surface area contributed by atoms with Crippen LogP contribution in [0.15, 0.2) is 128 Å². The number of benzene rings is 4. The molecule has 8 rings (SSSR count). The molecule has 230 valence electrons. The number of hydrogen-bond acceptors (Lipinski definition) is 6. The van der Waals surface area contributed by atoms with E-state index in [2.05, 4.69) is 70.6 Å². The van der Waals surface area contributed by atoms with E-state index in [0.29, 0.717) is 23.0 Å². The third-order valence-corrected chi connectivity index (χ3v) is 9.37. The van der Waals surface area contributed by atoms with Crippen LogP contribution in [0.25, 0.3) is 44.5 Å². The second-order valence-electron chi connectivity index (χ2n) is 13.0. The highest BCUT2D eigenvalue weighted by Gasteiger charge is 2.53. The van der Waals surface area contributed by atoms with Crippen LogP contribution in [0.1, 0.15) is 27.7 Å². The fraction of sp³-hybridized carbons (Fsp3) is 0.150. The van der Waals surface area contributed by atoms with Crippen LogP contribution in [0.2, 0.25) is 0 Å². The predicted molar refractivity (Wildman–Crippen MR) is 186 cm³/mol. The van der Waals surface area contributed by atoms with E-state index in [4.69, 9.17) is 18.8 Å². The molecule has 7 heteroatoms. The summed E-state index contributed by atoms with van der Waals surface area (Å²) in [4.78, 5) is 8.71. The smallest absolute Gasteiger partial charge is 0.450 e. The summed E-state index contributed by atoms with van der Waals surface area (Å²) in [5, 5.41) is 0. The normalized spacial score (nSPS) is 15.7. The summed E-state index contributed by atoms with van der Waals surface area (Å²) in [6.45, 7) is 8.20. The van der Waals surface area contributed by atoms with Crippen LogP contribution in [0.5, 0.6) is 23.0 Å². The Morgan fingerprint density at radius 2 is 1.00 bits per heavy atom. The fourth-order valence-corrected chi connectivity index (χ4v) is 6.04. The minimum Gasteiger partial charge on any atom is -0.450 e. The quantitative estimate of drug-likeness (QED) is 0.180. The molecule has 0 bridgehead atoms. The molecular weight excluding hydrogens is 583 g/mol. The Morgan fingerprint density at radius 1 is 0.489 bits per heavy atom. The van der Waals surface area contributed by atoms with Gasteiger partial charge in [0.1, 0.15) is 0 Å². The van der Waals surface area contributed by atoms with E-state index >= 15 is 0 Å². The molecular formula is C40H33BN2O4. The highest BCUT2D eigenvalue weighted by atomic mass is 16.7. The van der Waals surface area contributed by atoms with E-state index in [0.717, 1.165) is 50.0 Å². The third-order valence-electron chi connectivity index (χ3n) is 9.37. The first-order chi connectivity index (χ1) is 22.8. The van der Waals surface area contributed by atoms with Crippen molar-refractivity contribution >= 4 is 12.6 Å². The lowest BCUT2D eigenvalue weighted by molar-refractivity contribution is 0.00578. The van der Waals surface area contributed by atoms with Crippen LogP contribution in [-0.2, 0) is 9.31 Å². The Bertz CT molecular complexity index is 2020. The minimum absolute atomic E-state index is 0.488. The molecule has 2 aliphatic rings. The van der Waals surface area contributed by atoms with Gasteiger partial charge in [0.2, 0.25) is 0 Å². The molecule has 1 fully saturated rings.